The van der Waals surface area contributed by atoms with Crippen LogP contribution in [0.15, 0.2) is 0 Å². The summed E-state index contributed by atoms with van der Waals surface area (Å²) < 4.78 is 14.4. The molecule has 0 radical (unpaired) electrons. The highest BCUT2D eigenvalue weighted by molar-refractivity contribution is 5.67. The van der Waals surface area contributed by atoms with E-state index in [2.05, 4.69) is 5.32 Å². The largest absolute Gasteiger partial charge is 0.508 e. The summed E-state index contributed by atoms with van der Waals surface area (Å²) in [6.45, 7) is 8.97. The summed E-state index contributed by atoms with van der Waals surface area (Å²) in [5.74, 6) is 0. The van der Waals surface area contributed by atoms with Crippen molar-refractivity contribution < 1.29 is 23.8 Å². The number of alkyl carbamates (subject to hydrolysis) is 1. The van der Waals surface area contributed by atoms with Crippen molar-refractivity contribution in [3.05, 3.63) is 0 Å². The van der Waals surface area contributed by atoms with Gasteiger partial charge < -0.3 is 19.5 Å². The fourth-order valence-electron chi connectivity index (χ4n) is 0.828. The molecule has 6 heteroatoms. The molecule has 0 aromatic heterocycles. The molecular weight excluding hydrogens is 226 g/mol. The van der Waals surface area contributed by atoms with Crippen molar-refractivity contribution in [2.45, 2.75) is 46.3 Å². The van der Waals surface area contributed by atoms with Crippen molar-refractivity contribution in [3.63, 3.8) is 0 Å². The summed E-state index contributed by atoms with van der Waals surface area (Å²) in [5.41, 5.74) is -0.540. The second-order valence-electron chi connectivity index (χ2n) is 4.69. The summed E-state index contributed by atoms with van der Waals surface area (Å²) in [6, 6.07) is 0. The Morgan fingerprint density at radius 3 is 2.29 bits per heavy atom. The molecule has 1 N–H and O–H groups in total. The van der Waals surface area contributed by atoms with Crippen molar-refractivity contribution in [2.24, 2.45) is 0 Å². The molecule has 0 saturated heterocycles. The maximum absolute atomic E-state index is 11.2. The van der Waals surface area contributed by atoms with Gasteiger partial charge in [-0.2, -0.15) is 0 Å². The number of rotatable bonds is 4. The molecular formula is C11H21NO5. The summed E-state index contributed by atoms with van der Waals surface area (Å²) in [5, 5.41) is 2.45. The van der Waals surface area contributed by atoms with E-state index in [9.17, 15) is 9.59 Å². The van der Waals surface area contributed by atoms with Crippen LogP contribution in [0.2, 0.25) is 0 Å². The lowest BCUT2D eigenvalue weighted by atomic mass is 10.2. The molecule has 0 unspecified atom stereocenters. The standard InChI is InChI=1S/C11H21NO5/c1-8(2)16-10(14)15-7-6-12-9(13)17-11(3,4)5/h8H,6-7H2,1-5H3,(H,12,13). The van der Waals surface area contributed by atoms with Gasteiger partial charge in [0.05, 0.1) is 12.6 Å². The fraction of sp³-hybridized carbons (Fsp3) is 0.818. The zero-order valence-corrected chi connectivity index (χ0v) is 11.0. The number of nitrogens with one attached hydrogen (secondary N) is 1. The second-order valence-corrected chi connectivity index (χ2v) is 4.69. The molecule has 0 aromatic carbocycles. The lowest BCUT2D eigenvalue weighted by Gasteiger charge is -2.19. The van der Waals surface area contributed by atoms with Gasteiger partial charge in [0, 0.05) is 0 Å². The molecule has 0 bridgehead atoms. The minimum absolute atomic E-state index is 0.0464. The molecule has 100 valence electrons. The zero-order chi connectivity index (χ0) is 13.5. The molecule has 0 rings (SSSR count). The van der Waals surface area contributed by atoms with E-state index in [4.69, 9.17) is 14.2 Å². The predicted octanol–water partition coefficient (Wildman–Crippen LogP) is 2.07. The van der Waals surface area contributed by atoms with Gasteiger partial charge in [-0.25, -0.2) is 9.59 Å². The van der Waals surface area contributed by atoms with E-state index in [-0.39, 0.29) is 19.3 Å². The zero-order valence-electron chi connectivity index (χ0n) is 11.0. The molecule has 0 heterocycles. The molecule has 0 aliphatic rings. The molecule has 17 heavy (non-hydrogen) atoms. The molecule has 0 saturated carbocycles. The summed E-state index contributed by atoms with van der Waals surface area (Å²) in [4.78, 5) is 22.1. The van der Waals surface area contributed by atoms with Gasteiger partial charge in [0.1, 0.15) is 12.2 Å². The van der Waals surface area contributed by atoms with Crippen LogP contribution in [0.1, 0.15) is 34.6 Å². The Balaban J connectivity index is 3.58. The minimum atomic E-state index is -0.744. The van der Waals surface area contributed by atoms with E-state index in [0.717, 1.165) is 0 Å². The smallest absolute Gasteiger partial charge is 0.444 e. The van der Waals surface area contributed by atoms with E-state index in [1.165, 1.54) is 0 Å². The number of carbonyl (C=O) groups is 2. The van der Waals surface area contributed by atoms with Gasteiger partial charge in [-0.05, 0) is 34.6 Å². The Morgan fingerprint density at radius 1 is 1.24 bits per heavy atom. The molecule has 0 aliphatic heterocycles. The minimum Gasteiger partial charge on any atom is -0.444 e. The van der Waals surface area contributed by atoms with E-state index in [1.807, 2.05) is 0 Å². The second kappa shape index (κ2) is 6.98. The third kappa shape index (κ3) is 10.8. The third-order valence-corrected chi connectivity index (χ3v) is 1.32. The average molecular weight is 247 g/mol. The van der Waals surface area contributed by atoms with Crippen LogP contribution in [-0.4, -0.2) is 37.1 Å². The first-order valence-electron chi connectivity index (χ1n) is 5.51. The van der Waals surface area contributed by atoms with Gasteiger partial charge in [0.25, 0.3) is 0 Å². The number of hydrogen-bond acceptors (Lipinski definition) is 5. The fourth-order valence-corrected chi connectivity index (χ4v) is 0.828. The lowest BCUT2D eigenvalue weighted by molar-refractivity contribution is 0.0311. The topological polar surface area (TPSA) is 73.9 Å². The van der Waals surface area contributed by atoms with E-state index >= 15 is 0 Å². The third-order valence-electron chi connectivity index (χ3n) is 1.32. The Hall–Kier alpha value is -1.46. The van der Waals surface area contributed by atoms with Gasteiger partial charge in [-0.15, -0.1) is 0 Å². The first-order valence-corrected chi connectivity index (χ1v) is 5.51. The van der Waals surface area contributed by atoms with Crippen molar-refractivity contribution >= 4 is 12.2 Å². The maximum atomic E-state index is 11.2. The Morgan fingerprint density at radius 2 is 1.82 bits per heavy atom. The van der Waals surface area contributed by atoms with Crippen molar-refractivity contribution in [1.82, 2.24) is 5.32 Å². The molecule has 0 aromatic rings. The van der Waals surface area contributed by atoms with Crippen LogP contribution in [0.5, 0.6) is 0 Å². The normalized spacial score (nSPS) is 10.9. The van der Waals surface area contributed by atoms with Gasteiger partial charge >= 0.3 is 12.2 Å². The molecule has 0 atom stereocenters. The lowest BCUT2D eigenvalue weighted by Crippen LogP contribution is -2.34. The number of carbonyl (C=O) groups excluding carboxylic acids is 2. The average Bonchev–Trinajstić information content (AvgIpc) is 2.08. The van der Waals surface area contributed by atoms with Crippen LogP contribution < -0.4 is 5.32 Å². The van der Waals surface area contributed by atoms with E-state index < -0.39 is 17.8 Å². The molecule has 6 nitrogen and oxygen atoms in total. The number of hydrogen-bond donors (Lipinski definition) is 1. The summed E-state index contributed by atoms with van der Waals surface area (Å²) >= 11 is 0. The Bertz CT molecular complexity index is 257. The first-order chi connectivity index (χ1) is 7.70. The number of amides is 1. The van der Waals surface area contributed by atoms with E-state index in [0.29, 0.717) is 0 Å². The van der Waals surface area contributed by atoms with Gasteiger partial charge in [-0.3, -0.25) is 0 Å². The molecule has 0 aliphatic carbocycles. The van der Waals surface area contributed by atoms with Crippen molar-refractivity contribution in [2.75, 3.05) is 13.2 Å². The first kappa shape index (κ1) is 15.5. The highest BCUT2D eigenvalue weighted by Gasteiger charge is 2.15. The molecule has 0 spiro atoms. The Kier molecular flexibility index (Phi) is 6.38. The van der Waals surface area contributed by atoms with Crippen LogP contribution in [0.3, 0.4) is 0 Å². The van der Waals surface area contributed by atoms with Crippen molar-refractivity contribution in [3.8, 4) is 0 Å². The monoisotopic (exact) mass is 247 g/mol. The van der Waals surface area contributed by atoms with Crippen LogP contribution >= 0.6 is 0 Å². The van der Waals surface area contributed by atoms with Crippen LogP contribution in [0, 0.1) is 0 Å². The van der Waals surface area contributed by atoms with Gasteiger partial charge in [0.2, 0.25) is 0 Å². The van der Waals surface area contributed by atoms with Crippen LogP contribution in [0.25, 0.3) is 0 Å². The molecule has 0 fully saturated rings. The van der Waals surface area contributed by atoms with Gasteiger partial charge in [0.15, 0.2) is 0 Å². The van der Waals surface area contributed by atoms with Crippen LogP contribution in [0.4, 0.5) is 9.59 Å². The number of ether oxygens (including phenoxy) is 3. The van der Waals surface area contributed by atoms with Crippen molar-refractivity contribution in [1.29, 1.82) is 0 Å². The molecule has 1 amide bonds. The highest BCUT2D eigenvalue weighted by Crippen LogP contribution is 2.06. The van der Waals surface area contributed by atoms with E-state index in [1.54, 1.807) is 34.6 Å². The van der Waals surface area contributed by atoms with Gasteiger partial charge in [-0.1, -0.05) is 0 Å². The SMILES string of the molecule is CC(C)OC(=O)OCCNC(=O)OC(C)(C)C. The quantitative estimate of drug-likeness (QED) is 0.608. The summed E-state index contributed by atoms with van der Waals surface area (Å²) in [7, 11) is 0. The Labute approximate surface area is 102 Å². The maximum Gasteiger partial charge on any atom is 0.508 e. The predicted molar refractivity (Wildman–Crippen MR) is 61.8 cm³/mol. The van der Waals surface area contributed by atoms with Crippen LogP contribution in [-0.2, 0) is 14.2 Å². The highest BCUT2D eigenvalue weighted by atomic mass is 16.7. The summed E-state index contributed by atoms with van der Waals surface area (Å²) in [6.07, 6.45) is -1.51.